The summed E-state index contributed by atoms with van der Waals surface area (Å²) in [5.74, 6) is -0.374. The second-order valence-corrected chi connectivity index (χ2v) is 9.42. The Morgan fingerprint density at radius 3 is 2.82 bits per heavy atom. The molecule has 10 nitrogen and oxygen atoms in total. The maximum Gasteiger partial charge on any atom is 0.254 e. The van der Waals surface area contributed by atoms with E-state index in [9.17, 15) is 14.4 Å². The third-order valence-corrected chi connectivity index (χ3v) is 6.69. The van der Waals surface area contributed by atoms with Crippen LogP contribution in [-0.2, 0) is 20.9 Å². The van der Waals surface area contributed by atoms with Crippen molar-refractivity contribution in [1.29, 1.82) is 0 Å². The molecule has 11 heteroatoms. The fourth-order valence-corrected chi connectivity index (χ4v) is 4.55. The van der Waals surface area contributed by atoms with Crippen molar-refractivity contribution >= 4 is 35.3 Å². The minimum atomic E-state index is -0.917. The normalized spacial score (nSPS) is 22.1. The topological polar surface area (TPSA) is 126 Å². The van der Waals surface area contributed by atoms with E-state index in [4.69, 9.17) is 16.3 Å². The fraction of sp³-hybridized carbons (Fsp3) is 0.435. The van der Waals surface area contributed by atoms with Crippen LogP contribution >= 0.6 is 11.6 Å². The minimum absolute atomic E-state index is 0.126. The van der Waals surface area contributed by atoms with Crippen LogP contribution in [0.5, 0.6) is 0 Å². The second-order valence-electron chi connectivity index (χ2n) is 9.02. The Bertz CT molecular complexity index is 1170. The quantitative estimate of drug-likeness (QED) is 0.528. The van der Waals surface area contributed by atoms with Crippen LogP contribution in [0.15, 0.2) is 24.4 Å². The van der Waals surface area contributed by atoms with Crippen molar-refractivity contribution in [3.63, 3.8) is 0 Å². The minimum Gasteiger partial charge on any atom is -0.381 e. The molecule has 0 radical (unpaired) electrons. The highest BCUT2D eigenvalue weighted by atomic mass is 35.5. The van der Waals surface area contributed by atoms with E-state index in [1.807, 2.05) is 12.1 Å². The third-order valence-electron chi connectivity index (χ3n) is 6.41. The van der Waals surface area contributed by atoms with Crippen molar-refractivity contribution in [1.82, 2.24) is 25.5 Å². The molecule has 3 amide bonds. The van der Waals surface area contributed by atoms with E-state index in [1.165, 1.54) is 4.90 Å². The van der Waals surface area contributed by atoms with Crippen LogP contribution in [0, 0.1) is 0 Å². The van der Waals surface area contributed by atoms with E-state index in [2.05, 4.69) is 25.9 Å². The van der Waals surface area contributed by atoms with Gasteiger partial charge in [-0.15, -0.1) is 0 Å². The molecule has 34 heavy (non-hydrogen) atoms. The average molecular weight is 485 g/mol. The average Bonchev–Trinajstić information content (AvgIpc) is 3.14. The maximum absolute atomic E-state index is 13.0. The monoisotopic (exact) mass is 484 g/mol. The summed E-state index contributed by atoms with van der Waals surface area (Å²) in [5, 5.41) is 9.03. The summed E-state index contributed by atoms with van der Waals surface area (Å²) >= 11 is 6.40. The molecule has 0 aliphatic carbocycles. The van der Waals surface area contributed by atoms with Gasteiger partial charge in [0.25, 0.3) is 5.91 Å². The molecule has 1 aromatic carbocycles. The first-order chi connectivity index (χ1) is 16.3. The van der Waals surface area contributed by atoms with Gasteiger partial charge in [-0.25, -0.2) is 9.97 Å². The van der Waals surface area contributed by atoms with Gasteiger partial charge >= 0.3 is 0 Å². The molecule has 0 saturated carbocycles. The molecule has 2 saturated heterocycles. The number of β-lactam (4-membered cyclic amide) rings is 1. The van der Waals surface area contributed by atoms with Crippen molar-refractivity contribution in [2.24, 2.45) is 0 Å². The molecule has 3 N–H and O–H groups in total. The number of carbonyl (C=O) groups is 3. The molecule has 1 aromatic heterocycles. The smallest absolute Gasteiger partial charge is 0.254 e. The number of rotatable bonds is 6. The van der Waals surface area contributed by atoms with Crippen molar-refractivity contribution in [2.45, 2.75) is 37.9 Å². The van der Waals surface area contributed by atoms with Crippen LogP contribution in [0.4, 0.5) is 5.95 Å². The van der Waals surface area contributed by atoms with Gasteiger partial charge < -0.3 is 25.6 Å². The number of hydrogen-bond acceptors (Lipinski definition) is 7. The van der Waals surface area contributed by atoms with E-state index in [0.717, 1.165) is 18.4 Å². The van der Waals surface area contributed by atoms with Gasteiger partial charge in [0.05, 0.1) is 16.9 Å². The third kappa shape index (κ3) is 4.30. The molecular formula is C23H25ClN6O4. The van der Waals surface area contributed by atoms with Crippen molar-refractivity contribution in [2.75, 3.05) is 31.6 Å². The lowest BCUT2D eigenvalue weighted by molar-refractivity contribution is -0.139. The summed E-state index contributed by atoms with van der Waals surface area (Å²) in [6.45, 7) is 3.63. The molecule has 4 heterocycles. The molecule has 3 aliphatic heterocycles. The van der Waals surface area contributed by atoms with Gasteiger partial charge in [0, 0.05) is 43.5 Å². The first-order valence-corrected chi connectivity index (χ1v) is 11.6. The summed E-state index contributed by atoms with van der Waals surface area (Å²) in [5.41, 5.74) is 1.63. The summed E-state index contributed by atoms with van der Waals surface area (Å²) in [6, 6.07) is 5.70. The lowest BCUT2D eigenvalue weighted by atomic mass is 9.94. The van der Waals surface area contributed by atoms with Gasteiger partial charge in [-0.2, -0.15) is 0 Å². The predicted octanol–water partition coefficient (Wildman–Crippen LogP) is 1.35. The molecule has 3 aliphatic rings. The Morgan fingerprint density at radius 1 is 1.32 bits per heavy atom. The summed E-state index contributed by atoms with van der Waals surface area (Å²) in [7, 11) is 0. The van der Waals surface area contributed by atoms with Gasteiger partial charge in [0.2, 0.25) is 17.8 Å². The number of carbonyl (C=O) groups excluding carboxylic acids is 3. The molecular weight excluding hydrogens is 460 g/mol. The number of anilines is 1. The Labute approximate surface area is 201 Å². The Hall–Kier alpha value is -3.24. The molecule has 5 rings (SSSR count). The van der Waals surface area contributed by atoms with E-state index in [-0.39, 0.29) is 30.3 Å². The van der Waals surface area contributed by atoms with Crippen LogP contribution in [-0.4, -0.2) is 70.5 Å². The van der Waals surface area contributed by atoms with E-state index >= 15 is 0 Å². The summed E-state index contributed by atoms with van der Waals surface area (Å²) in [6.07, 6.45) is 3.30. The Kier molecular flexibility index (Phi) is 5.86. The number of amides is 3. The van der Waals surface area contributed by atoms with Crippen LogP contribution in [0.3, 0.4) is 0 Å². The van der Waals surface area contributed by atoms with Crippen LogP contribution in [0.1, 0.15) is 35.7 Å². The SMILES string of the molecule is CC1(NC(=O)CN2Cc3ccc(-c4nc(NC5CCOCC5)ncc4Cl)cc3C2=O)CNC1=O. The van der Waals surface area contributed by atoms with Gasteiger partial charge in [0.1, 0.15) is 12.1 Å². The second kappa shape index (κ2) is 8.84. The van der Waals surface area contributed by atoms with Crippen molar-refractivity contribution in [3.8, 4) is 11.3 Å². The summed E-state index contributed by atoms with van der Waals surface area (Å²) < 4.78 is 5.39. The number of aromatic nitrogens is 2. The zero-order valence-electron chi connectivity index (χ0n) is 18.7. The number of benzene rings is 1. The largest absolute Gasteiger partial charge is 0.381 e. The first-order valence-electron chi connectivity index (χ1n) is 11.2. The Morgan fingerprint density at radius 2 is 2.12 bits per heavy atom. The number of halogens is 1. The zero-order valence-corrected chi connectivity index (χ0v) is 19.4. The lowest BCUT2D eigenvalue weighted by Gasteiger charge is -2.38. The van der Waals surface area contributed by atoms with Crippen LogP contribution in [0.2, 0.25) is 5.02 Å². The molecule has 1 atom stereocenters. The van der Waals surface area contributed by atoms with E-state index in [0.29, 0.717) is 54.1 Å². The predicted molar refractivity (Wildman–Crippen MR) is 124 cm³/mol. The Balaban J connectivity index is 1.30. The zero-order chi connectivity index (χ0) is 23.9. The molecule has 2 fully saturated rings. The molecule has 1 unspecified atom stereocenters. The number of fused-ring (bicyclic) bond motifs is 1. The molecule has 0 spiro atoms. The van der Waals surface area contributed by atoms with E-state index < -0.39 is 5.54 Å². The highest BCUT2D eigenvalue weighted by Crippen LogP contribution is 2.31. The van der Waals surface area contributed by atoms with Crippen molar-refractivity contribution < 1.29 is 19.1 Å². The van der Waals surface area contributed by atoms with Crippen LogP contribution in [0.25, 0.3) is 11.3 Å². The number of ether oxygens (including phenoxy) is 1. The fourth-order valence-electron chi connectivity index (χ4n) is 4.35. The van der Waals surface area contributed by atoms with Crippen molar-refractivity contribution in [3.05, 3.63) is 40.5 Å². The highest BCUT2D eigenvalue weighted by molar-refractivity contribution is 6.33. The van der Waals surface area contributed by atoms with Gasteiger partial charge in [-0.05, 0) is 31.4 Å². The molecule has 0 bridgehead atoms. The van der Waals surface area contributed by atoms with Gasteiger partial charge in [-0.1, -0.05) is 23.7 Å². The molecule has 2 aromatic rings. The lowest BCUT2D eigenvalue weighted by Crippen LogP contribution is -2.71. The maximum atomic E-state index is 13.0. The van der Waals surface area contributed by atoms with Gasteiger partial charge in [0.15, 0.2) is 0 Å². The number of nitrogens with zero attached hydrogens (tertiary/aromatic N) is 3. The van der Waals surface area contributed by atoms with Gasteiger partial charge in [-0.3, -0.25) is 14.4 Å². The number of hydrogen-bond donors (Lipinski definition) is 3. The highest BCUT2D eigenvalue weighted by Gasteiger charge is 2.43. The van der Waals surface area contributed by atoms with E-state index in [1.54, 1.807) is 19.2 Å². The van der Waals surface area contributed by atoms with Crippen LogP contribution < -0.4 is 16.0 Å². The standard InChI is InChI=1S/C23H25ClN6O4/c1-23(12-26-21(23)33)29-18(31)11-30-10-14-3-2-13(8-16(14)20(30)32)19-17(24)9-25-22(28-19)27-15-4-6-34-7-5-15/h2-3,8-9,15H,4-7,10-12H2,1H3,(H,26,33)(H,29,31)(H,25,27,28). The summed E-state index contributed by atoms with van der Waals surface area (Å²) in [4.78, 5) is 47.5. The first kappa shape index (κ1) is 22.5. The number of nitrogens with one attached hydrogen (secondary N) is 3. The molecule has 178 valence electrons.